The molecule has 0 aliphatic heterocycles. The van der Waals surface area contributed by atoms with E-state index in [4.69, 9.17) is 4.74 Å². The van der Waals surface area contributed by atoms with E-state index in [1.54, 1.807) is 12.1 Å². The number of halogens is 3. The van der Waals surface area contributed by atoms with Crippen molar-refractivity contribution in [2.24, 2.45) is 0 Å². The second-order valence-electron chi connectivity index (χ2n) is 4.48. The van der Waals surface area contributed by atoms with Gasteiger partial charge in [0.2, 0.25) is 0 Å². The van der Waals surface area contributed by atoms with E-state index >= 15 is 0 Å². The molecule has 23 heavy (non-hydrogen) atoms. The molecule has 1 aromatic carbocycles. The Balaban J connectivity index is 2.17. The summed E-state index contributed by atoms with van der Waals surface area (Å²) in [6.07, 6.45) is -4.64. The maximum atomic E-state index is 12.4. The van der Waals surface area contributed by atoms with E-state index in [0.29, 0.717) is 12.7 Å². The molecule has 0 spiro atoms. The van der Waals surface area contributed by atoms with Gasteiger partial charge in [-0.25, -0.2) is 8.42 Å². The van der Waals surface area contributed by atoms with E-state index in [1.165, 1.54) is 19.2 Å². The smallest absolute Gasteiger partial charge is 0.380 e. The molecular weight excluding hydrogens is 335 g/mol. The average molecular weight is 347 g/mol. The highest BCUT2D eigenvalue weighted by molar-refractivity contribution is 7.92. The van der Waals surface area contributed by atoms with Crippen LogP contribution in [0.25, 0.3) is 0 Å². The van der Waals surface area contributed by atoms with Gasteiger partial charge in [-0.15, -0.1) is 10.2 Å². The minimum atomic E-state index is -4.64. The lowest BCUT2D eigenvalue weighted by Gasteiger charge is -2.09. The van der Waals surface area contributed by atoms with Gasteiger partial charge in [-0.05, 0) is 29.8 Å². The molecule has 2 rings (SSSR count). The summed E-state index contributed by atoms with van der Waals surface area (Å²) in [6.45, 7) is 0.331. The first-order valence-corrected chi connectivity index (χ1v) is 7.72. The number of ether oxygens (including phenoxy) is 1. The topological polar surface area (TPSA) is 81.2 Å². The van der Waals surface area contributed by atoms with Gasteiger partial charge >= 0.3 is 6.18 Å². The average Bonchev–Trinajstić information content (AvgIpc) is 2.47. The number of anilines is 1. The zero-order valence-corrected chi connectivity index (χ0v) is 12.6. The Labute approximate surface area is 130 Å². The number of alkyl halides is 3. The predicted octanol–water partition coefficient (Wildman–Crippen LogP) is 2.44. The molecular formula is C13H12F3N3O3S. The molecule has 0 saturated carbocycles. The van der Waals surface area contributed by atoms with Crippen LogP contribution in [0.15, 0.2) is 41.3 Å². The molecule has 0 atom stereocenters. The highest BCUT2D eigenvalue weighted by atomic mass is 32.2. The number of benzene rings is 1. The molecule has 1 heterocycles. The second-order valence-corrected chi connectivity index (χ2v) is 6.17. The van der Waals surface area contributed by atoms with Gasteiger partial charge in [-0.3, -0.25) is 4.72 Å². The van der Waals surface area contributed by atoms with E-state index in [2.05, 4.69) is 14.9 Å². The van der Waals surface area contributed by atoms with Gasteiger partial charge in [0.05, 0.1) is 11.5 Å². The molecule has 1 aromatic heterocycles. The number of nitrogens with one attached hydrogen (secondary N) is 1. The highest BCUT2D eigenvalue weighted by Gasteiger charge is 2.33. The molecule has 0 aliphatic carbocycles. The predicted molar refractivity (Wildman–Crippen MR) is 75.0 cm³/mol. The van der Waals surface area contributed by atoms with Crippen LogP contribution < -0.4 is 4.72 Å². The van der Waals surface area contributed by atoms with Crippen molar-refractivity contribution in [3.63, 3.8) is 0 Å². The molecule has 0 radical (unpaired) electrons. The van der Waals surface area contributed by atoms with Crippen LogP contribution in [0.1, 0.15) is 11.3 Å². The molecule has 0 aliphatic rings. The first kappa shape index (κ1) is 17.2. The Bertz CT molecular complexity index is 760. The molecule has 0 saturated heterocycles. The largest absolute Gasteiger partial charge is 0.435 e. The van der Waals surface area contributed by atoms with E-state index in [-0.39, 0.29) is 10.7 Å². The zero-order chi connectivity index (χ0) is 17.1. The normalized spacial score (nSPS) is 12.2. The fraction of sp³-hybridized carbons (Fsp3) is 0.231. The van der Waals surface area contributed by atoms with Crippen molar-refractivity contribution >= 4 is 15.8 Å². The fourth-order valence-corrected chi connectivity index (χ4v) is 2.66. The fourth-order valence-electron chi connectivity index (χ4n) is 1.67. The summed E-state index contributed by atoms with van der Waals surface area (Å²) >= 11 is 0. The minimum Gasteiger partial charge on any atom is -0.380 e. The number of methoxy groups -OCH3 is 1. The monoisotopic (exact) mass is 347 g/mol. The van der Waals surface area contributed by atoms with Crippen LogP contribution in [-0.2, 0) is 27.5 Å². The maximum Gasteiger partial charge on any atom is 0.435 e. The minimum absolute atomic E-state index is 0.0564. The summed E-state index contributed by atoms with van der Waals surface area (Å²) in [7, 11) is -2.46. The Morgan fingerprint density at radius 1 is 1.09 bits per heavy atom. The van der Waals surface area contributed by atoms with Gasteiger partial charge < -0.3 is 4.74 Å². The number of rotatable bonds is 5. The van der Waals surface area contributed by atoms with E-state index < -0.39 is 21.9 Å². The van der Waals surface area contributed by atoms with E-state index in [9.17, 15) is 21.6 Å². The third-order valence-corrected chi connectivity index (χ3v) is 4.11. The third kappa shape index (κ3) is 4.39. The van der Waals surface area contributed by atoms with E-state index in [0.717, 1.165) is 11.6 Å². The van der Waals surface area contributed by atoms with Crippen LogP contribution in [0.2, 0.25) is 0 Å². The van der Waals surface area contributed by atoms with Crippen molar-refractivity contribution in [3.05, 3.63) is 47.7 Å². The summed E-state index contributed by atoms with van der Waals surface area (Å²) in [4.78, 5) is -0.0564. The van der Waals surface area contributed by atoms with Crippen molar-refractivity contribution in [2.75, 3.05) is 11.8 Å². The zero-order valence-electron chi connectivity index (χ0n) is 11.8. The molecule has 0 unspecified atom stereocenters. The van der Waals surface area contributed by atoms with Crippen LogP contribution >= 0.6 is 0 Å². The lowest BCUT2D eigenvalue weighted by Crippen LogP contribution is -2.16. The molecule has 2 aromatic rings. The quantitative estimate of drug-likeness (QED) is 0.898. The number of hydrogen-bond donors (Lipinski definition) is 1. The second kappa shape index (κ2) is 6.50. The van der Waals surface area contributed by atoms with Gasteiger partial charge in [0.1, 0.15) is 0 Å². The molecule has 1 N–H and O–H groups in total. The summed E-state index contributed by atoms with van der Waals surface area (Å²) in [5, 5.41) is 6.17. The standard InChI is InChI=1S/C13H12F3N3O3S/c1-22-8-9-2-4-10(5-3-9)23(20,21)19-12-7-6-11(17-18-12)13(14,15)16/h2-7H,8H2,1H3,(H,18,19). The molecule has 0 amide bonds. The highest BCUT2D eigenvalue weighted by Crippen LogP contribution is 2.27. The maximum absolute atomic E-state index is 12.4. The summed E-state index contributed by atoms with van der Waals surface area (Å²) < 4.78 is 68.3. The molecule has 0 bridgehead atoms. The van der Waals surface area contributed by atoms with Gasteiger partial charge in [0.25, 0.3) is 10.0 Å². The Morgan fingerprint density at radius 2 is 1.74 bits per heavy atom. The van der Waals surface area contributed by atoms with Crippen LogP contribution in [0.5, 0.6) is 0 Å². The number of hydrogen-bond acceptors (Lipinski definition) is 5. The van der Waals surface area contributed by atoms with Crippen LogP contribution in [0.4, 0.5) is 19.0 Å². The Hall–Kier alpha value is -2.20. The van der Waals surface area contributed by atoms with Crippen LogP contribution in [-0.4, -0.2) is 25.7 Å². The number of aromatic nitrogens is 2. The van der Waals surface area contributed by atoms with Crippen molar-refractivity contribution in [3.8, 4) is 0 Å². The molecule has 0 fully saturated rings. The summed E-state index contributed by atoms with van der Waals surface area (Å²) in [5.74, 6) is -0.307. The lowest BCUT2D eigenvalue weighted by molar-refractivity contribution is -0.141. The van der Waals surface area contributed by atoms with Gasteiger partial charge in [-0.2, -0.15) is 13.2 Å². The number of sulfonamides is 1. The van der Waals surface area contributed by atoms with Gasteiger partial charge in [-0.1, -0.05) is 12.1 Å². The van der Waals surface area contributed by atoms with Crippen LogP contribution in [0.3, 0.4) is 0 Å². The first-order valence-electron chi connectivity index (χ1n) is 6.24. The van der Waals surface area contributed by atoms with Gasteiger partial charge in [0, 0.05) is 7.11 Å². The van der Waals surface area contributed by atoms with Crippen molar-refractivity contribution in [1.82, 2.24) is 10.2 Å². The Morgan fingerprint density at radius 3 is 2.22 bits per heavy atom. The third-order valence-electron chi connectivity index (χ3n) is 2.74. The number of nitrogens with zero attached hydrogens (tertiary/aromatic N) is 2. The van der Waals surface area contributed by atoms with Crippen LogP contribution in [0, 0.1) is 0 Å². The van der Waals surface area contributed by atoms with Crippen molar-refractivity contribution in [1.29, 1.82) is 0 Å². The Kier molecular flexibility index (Phi) is 4.85. The first-order chi connectivity index (χ1) is 10.7. The van der Waals surface area contributed by atoms with Gasteiger partial charge in [0.15, 0.2) is 11.5 Å². The van der Waals surface area contributed by atoms with Crippen molar-refractivity contribution in [2.45, 2.75) is 17.7 Å². The lowest BCUT2D eigenvalue weighted by atomic mass is 10.2. The molecule has 124 valence electrons. The SMILES string of the molecule is COCc1ccc(S(=O)(=O)Nc2ccc(C(F)(F)F)nn2)cc1. The summed E-state index contributed by atoms with van der Waals surface area (Å²) in [6, 6.07) is 7.38. The molecule has 10 heteroatoms. The van der Waals surface area contributed by atoms with E-state index in [1.807, 2.05) is 0 Å². The van der Waals surface area contributed by atoms with Crippen molar-refractivity contribution < 1.29 is 26.3 Å². The summed E-state index contributed by atoms with van der Waals surface area (Å²) in [5.41, 5.74) is -0.426. The molecule has 6 nitrogen and oxygen atoms in total.